The summed E-state index contributed by atoms with van der Waals surface area (Å²) >= 11 is 0. The number of aliphatic hydroxyl groups is 1. The van der Waals surface area contributed by atoms with E-state index in [0.29, 0.717) is 0 Å². The van der Waals surface area contributed by atoms with E-state index in [-0.39, 0.29) is 6.10 Å². The smallest absolute Gasteiger partial charge is 0.0718 e. The highest BCUT2D eigenvalue weighted by Crippen LogP contribution is 2.03. The van der Waals surface area contributed by atoms with Gasteiger partial charge in [0.2, 0.25) is 0 Å². The first-order valence-electron chi connectivity index (χ1n) is 3.72. The molecule has 1 nitrogen and oxygen atoms in total. The lowest BCUT2D eigenvalue weighted by Crippen LogP contribution is -1.99. The largest absolute Gasteiger partial charge is 0.389 e. The van der Waals surface area contributed by atoms with E-state index < -0.39 is 0 Å². The van der Waals surface area contributed by atoms with Crippen LogP contribution in [0.2, 0.25) is 0 Å². The number of rotatable bonds is 6. The summed E-state index contributed by atoms with van der Waals surface area (Å²) in [5.41, 5.74) is 0. The molecule has 1 atom stereocenters. The van der Waals surface area contributed by atoms with E-state index in [4.69, 9.17) is 5.11 Å². The molecule has 0 aliphatic carbocycles. The zero-order valence-corrected chi connectivity index (χ0v) is 6.42. The summed E-state index contributed by atoms with van der Waals surface area (Å²) in [4.78, 5) is 0. The summed E-state index contributed by atoms with van der Waals surface area (Å²) < 4.78 is 0. The Morgan fingerprint density at radius 1 is 1.30 bits per heavy atom. The molecule has 0 aromatic heterocycles. The van der Waals surface area contributed by atoms with Gasteiger partial charge in [-0.05, 0) is 19.3 Å². The minimum atomic E-state index is -0.315. The van der Waals surface area contributed by atoms with Crippen molar-refractivity contribution in [3.05, 3.63) is 25.3 Å². The number of hydrogen-bond donors (Lipinski definition) is 1. The molecule has 10 heavy (non-hydrogen) atoms. The fourth-order valence-corrected chi connectivity index (χ4v) is 0.760. The van der Waals surface area contributed by atoms with Gasteiger partial charge in [-0.25, -0.2) is 0 Å². The van der Waals surface area contributed by atoms with Gasteiger partial charge in [0, 0.05) is 0 Å². The van der Waals surface area contributed by atoms with Crippen molar-refractivity contribution in [3.63, 3.8) is 0 Å². The minimum Gasteiger partial charge on any atom is -0.389 e. The Balaban J connectivity index is 3.02. The highest BCUT2D eigenvalue weighted by Gasteiger charge is 1.95. The molecule has 1 N–H and O–H groups in total. The Hall–Kier alpha value is -0.560. The summed E-state index contributed by atoms with van der Waals surface area (Å²) in [6.07, 6.45) is 7.22. The van der Waals surface area contributed by atoms with Gasteiger partial charge in [0.05, 0.1) is 6.10 Å². The molecule has 0 heterocycles. The Labute approximate surface area is 63.1 Å². The highest BCUT2D eigenvalue weighted by atomic mass is 16.3. The number of allylic oxidation sites excluding steroid dienone is 1. The highest BCUT2D eigenvalue weighted by molar-refractivity contribution is 4.77. The molecule has 0 bridgehead atoms. The lowest BCUT2D eigenvalue weighted by Gasteiger charge is -2.02. The summed E-state index contributed by atoms with van der Waals surface area (Å²) in [5.74, 6) is 0. The second-order valence-corrected chi connectivity index (χ2v) is 2.38. The van der Waals surface area contributed by atoms with Crippen molar-refractivity contribution in [2.45, 2.75) is 31.8 Å². The SMILES string of the molecule is C=CCCCCC(O)C=C. The predicted molar refractivity (Wildman–Crippen MR) is 44.9 cm³/mol. The Morgan fingerprint density at radius 3 is 2.50 bits per heavy atom. The zero-order valence-electron chi connectivity index (χ0n) is 6.42. The van der Waals surface area contributed by atoms with Gasteiger partial charge in [-0.15, -0.1) is 13.2 Å². The fraction of sp³-hybridized carbons (Fsp3) is 0.556. The van der Waals surface area contributed by atoms with Gasteiger partial charge in [0.1, 0.15) is 0 Å². The monoisotopic (exact) mass is 140 g/mol. The molecule has 0 aliphatic rings. The van der Waals surface area contributed by atoms with Gasteiger partial charge in [-0.1, -0.05) is 18.6 Å². The molecule has 0 amide bonds. The number of unbranched alkanes of at least 4 members (excludes halogenated alkanes) is 2. The molecule has 1 heteroatoms. The summed E-state index contributed by atoms with van der Waals surface area (Å²) in [7, 11) is 0. The van der Waals surface area contributed by atoms with E-state index in [2.05, 4.69) is 13.2 Å². The van der Waals surface area contributed by atoms with Crippen LogP contribution in [0.4, 0.5) is 0 Å². The molecule has 0 fully saturated rings. The third-order valence-electron chi connectivity index (χ3n) is 1.43. The molecule has 0 spiro atoms. The van der Waals surface area contributed by atoms with Crippen LogP contribution in [0.25, 0.3) is 0 Å². The lowest BCUT2D eigenvalue weighted by molar-refractivity contribution is 0.209. The summed E-state index contributed by atoms with van der Waals surface area (Å²) in [6.45, 7) is 7.10. The molecule has 0 aromatic rings. The van der Waals surface area contributed by atoms with Gasteiger partial charge >= 0.3 is 0 Å². The molecule has 0 aromatic carbocycles. The van der Waals surface area contributed by atoms with E-state index in [1.165, 1.54) is 0 Å². The quantitative estimate of drug-likeness (QED) is 0.443. The number of hydrogen-bond acceptors (Lipinski definition) is 1. The van der Waals surface area contributed by atoms with Crippen molar-refractivity contribution < 1.29 is 5.11 Å². The van der Waals surface area contributed by atoms with E-state index >= 15 is 0 Å². The third-order valence-corrected chi connectivity index (χ3v) is 1.43. The van der Waals surface area contributed by atoms with Gasteiger partial charge in [-0.2, -0.15) is 0 Å². The van der Waals surface area contributed by atoms with Crippen molar-refractivity contribution in [1.82, 2.24) is 0 Å². The summed E-state index contributed by atoms with van der Waals surface area (Å²) in [6, 6.07) is 0. The predicted octanol–water partition coefficient (Wildman–Crippen LogP) is 2.28. The van der Waals surface area contributed by atoms with Crippen LogP contribution in [0.15, 0.2) is 25.3 Å². The maximum absolute atomic E-state index is 9.01. The Bertz CT molecular complexity index is 96.9. The van der Waals surface area contributed by atoms with E-state index in [1.807, 2.05) is 6.08 Å². The van der Waals surface area contributed by atoms with Crippen molar-refractivity contribution in [1.29, 1.82) is 0 Å². The third kappa shape index (κ3) is 5.57. The van der Waals surface area contributed by atoms with Crippen LogP contribution in [0, 0.1) is 0 Å². The molecule has 0 rings (SSSR count). The average Bonchev–Trinajstić information content (AvgIpc) is 1.98. The zero-order chi connectivity index (χ0) is 7.82. The minimum absolute atomic E-state index is 0.315. The second kappa shape index (κ2) is 6.56. The van der Waals surface area contributed by atoms with Gasteiger partial charge in [0.25, 0.3) is 0 Å². The van der Waals surface area contributed by atoms with E-state index in [1.54, 1.807) is 6.08 Å². The van der Waals surface area contributed by atoms with Crippen molar-refractivity contribution in [2.24, 2.45) is 0 Å². The fourth-order valence-electron chi connectivity index (χ4n) is 0.760. The molecular formula is C9H16O. The first kappa shape index (κ1) is 9.44. The molecule has 0 saturated heterocycles. The first-order chi connectivity index (χ1) is 4.81. The van der Waals surface area contributed by atoms with Crippen molar-refractivity contribution in [3.8, 4) is 0 Å². The average molecular weight is 140 g/mol. The second-order valence-electron chi connectivity index (χ2n) is 2.38. The molecular weight excluding hydrogens is 124 g/mol. The van der Waals surface area contributed by atoms with Crippen LogP contribution in [0.1, 0.15) is 25.7 Å². The maximum Gasteiger partial charge on any atom is 0.0718 e. The van der Waals surface area contributed by atoms with Gasteiger partial charge < -0.3 is 5.11 Å². The standard InChI is InChI=1S/C9H16O/c1-3-5-6-7-8-9(10)4-2/h3-4,9-10H,1-2,5-8H2. The molecule has 1 unspecified atom stereocenters. The van der Waals surface area contributed by atoms with Crippen LogP contribution >= 0.6 is 0 Å². The topological polar surface area (TPSA) is 20.2 Å². The van der Waals surface area contributed by atoms with Crippen molar-refractivity contribution in [2.75, 3.05) is 0 Å². The molecule has 0 radical (unpaired) electrons. The van der Waals surface area contributed by atoms with Crippen LogP contribution in [-0.2, 0) is 0 Å². The van der Waals surface area contributed by atoms with E-state index in [9.17, 15) is 0 Å². The normalized spacial score (nSPS) is 12.5. The number of aliphatic hydroxyl groups excluding tert-OH is 1. The van der Waals surface area contributed by atoms with Crippen LogP contribution in [-0.4, -0.2) is 11.2 Å². The Morgan fingerprint density at radius 2 is 2.00 bits per heavy atom. The Kier molecular flexibility index (Phi) is 6.19. The first-order valence-corrected chi connectivity index (χ1v) is 3.72. The summed E-state index contributed by atoms with van der Waals surface area (Å²) in [5, 5.41) is 9.01. The molecule has 0 saturated carbocycles. The van der Waals surface area contributed by atoms with Crippen molar-refractivity contribution >= 4 is 0 Å². The molecule has 58 valence electrons. The van der Waals surface area contributed by atoms with Gasteiger partial charge in [0.15, 0.2) is 0 Å². The molecule has 0 aliphatic heterocycles. The van der Waals surface area contributed by atoms with Crippen LogP contribution in [0.3, 0.4) is 0 Å². The van der Waals surface area contributed by atoms with E-state index in [0.717, 1.165) is 25.7 Å². The van der Waals surface area contributed by atoms with Crippen LogP contribution < -0.4 is 0 Å². The lowest BCUT2D eigenvalue weighted by atomic mass is 10.1. The van der Waals surface area contributed by atoms with Crippen LogP contribution in [0.5, 0.6) is 0 Å². The maximum atomic E-state index is 9.01. The van der Waals surface area contributed by atoms with Gasteiger partial charge in [-0.3, -0.25) is 0 Å².